The number of imidazole rings is 1. The van der Waals surface area contributed by atoms with Gasteiger partial charge in [-0.15, -0.1) is 0 Å². The van der Waals surface area contributed by atoms with Crippen molar-refractivity contribution in [2.75, 3.05) is 24.5 Å². The van der Waals surface area contributed by atoms with Crippen molar-refractivity contribution in [1.82, 2.24) is 29.7 Å². The highest BCUT2D eigenvalue weighted by atomic mass is 35.5. The van der Waals surface area contributed by atoms with Gasteiger partial charge in [0, 0.05) is 63.1 Å². The summed E-state index contributed by atoms with van der Waals surface area (Å²) in [5.74, 6) is 1.60. The van der Waals surface area contributed by atoms with Crippen LogP contribution in [-0.2, 0) is 25.9 Å². The fraction of sp³-hybridized carbons (Fsp3) is 0.417. The number of halogens is 1. The summed E-state index contributed by atoms with van der Waals surface area (Å²) in [5, 5.41) is 9.99. The quantitative estimate of drug-likeness (QED) is 0.554. The normalized spacial score (nSPS) is 22.1. The molecule has 0 saturated carbocycles. The number of aromatic nitrogens is 4. The molecule has 2 aromatic heterocycles. The van der Waals surface area contributed by atoms with E-state index in [9.17, 15) is 9.90 Å². The molecule has 0 bridgehead atoms. The summed E-state index contributed by atoms with van der Waals surface area (Å²) in [6, 6.07) is 8.82. The van der Waals surface area contributed by atoms with E-state index in [1.54, 1.807) is 12.4 Å². The maximum atomic E-state index is 11.9. The number of H-pyrrole nitrogens is 1. The smallest absolute Gasteiger partial charge is 0.407 e. The van der Waals surface area contributed by atoms with E-state index in [-0.39, 0.29) is 11.3 Å². The average molecular weight is 480 g/mol. The molecule has 4 heterocycles. The highest BCUT2D eigenvalue weighted by Gasteiger charge is 2.37. The molecule has 10 heteroatoms. The predicted octanol–water partition coefficient (Wildman–Crippen LogP) is 3.27. The van der Waals surface area contributed by atoms with Crippen LogP contribution < -0.4 is 4.90 Å². The van der Waals surface area contributed by atoms with Crippen LogP contribution in [0.15, 0.2) is 36.7 Å². The van der Waals surface area contributed by atoms with E-state index in [2.05, 4.69) is 54.0 Å². The van der Waals surface area contributed by atoms with Gasteiger partial charge >= 0.3 is 6.09 Å². The maximum Gasteiger partial charge on any atom is 0.407 e. The average Bonchev–Trinajstić information content (AvgIpc) is 3.57. The number of carboxylic acid groups (broad SMARTS) is 1. The highest BCUT2D eigenvalue weighted by molar-refractivity contribution is 6.28. The zero-order valence-corrected chi connectivity index (χ0v) is 19.4. The summed E-state index contributed by atoms with van der Waals surface area (Å²) in [6.07, 6.45) is 5.25. The van der Waals surface area contributed by atoms with Gasteiger partial charge in [-0.05, 0) is 35.6 Å². The number of hydrogen-bond acceptors (Lipinski definition) is 6. The molecule has 1 aromatic carbocycles. The van der Waals surface area contributed by atoms with Crippen LogP contribution in [0.1, 0.15) is 40.7 Å². The van der Waals surface area contributed by atoms with Gasteiger partial charge in [0.2, 0.25) is 5.28 Å². The highest BCUT2D eigenvalue weighted by Crippen LogP contribution is 2.41. The third-order valence-corrected chi connectivity index (χ3v) is 7.48. The van der Waals surface area contributed by atoms with Gasteiger partial charge in [-0.25, -0.2) is 19.7 Å². The number of carbonyl (C=O) groups is 1. The van der Waals surface area contributed by atoms with Gasteiger partial charge in [-0.2, -0.15) is 0 Å². The summed E-state index contributed by atoms with van der Waals surface area (Å²) < 4.78 is 0. The lowest BCUT2D eigenvalue weighted by molar-refractivity contribution is 0.117. The van der Waals surface area contributed by atoms with Crippen molar-refractivity contribution >= 4 is 23.5 Å². The molecule has 1 aliphatic carbocycles. The SMILES string of the molecule is O=C(O)N1CCN(c2nc(Cl)nc3c2CN(C2CCc4ccccc42)C3)C[C@@H]1Cc1ncc[nH]1. The van der Waals surface area contributed by atoms with E-state index in [1.807, 2.05) is 0 Å². The number of hydrogen-bond donors (Lipinski definition) is 2. The largest absolute Gasteiger partial charge is 0.465 e. The molecule has 9 nitrogen and oxygen atoms in total. The van der Waals surface area contributed by atoms with Gasteiger partial charge in [-0.1, -0.05) is 24.3 Å². The van der Waals surface area contributed by atoms with E-state index in [0.717, 1.165) is 48.8 Å². The Morgan fingerprint density at radius 1 is 1.21 bits per heavy atom. The Kier molecular flexibility index (Phi) is 5.38. The van der Waals surface area contributed by atoms with Gasteiger partial charge in [0.1, 0.15) is 11.6 Å². The van der Waals surface area contributed by atoms with Crippen LogP contribution >= 0.6 is 11.6 Å². The number of piperazine rings is 1. The monoisotopic (exact) mass is 479 g/mol. The summed E-state index contributed by atoms with van der Waals surface area (Å²) in [5.41, 5.74) is 4.92. The zero-order valence-electron chi connectivity index (χ0n) is 18.7. The van der Waals surface area contributed by atoms with Crippen LogP contribution in [0, 0.1) is 0 Å². The van der Waals surface area contributed by atoms with E-state index >= 15 is 0 Å². The minimum absolute atomic E-state index is 0.235. The Balaban J connectivity index is 1.27. The van der Waals surface area contributed by atoms with Crippen molar-refractivity contribution in [3.63, 3.8) is 0 Å². The van der Waals surface area contributed by atoms with Crippen LogP contribution in [-0.4, -0.2) is 66.6 Å². The number of rotatable bonds is 4. The van der Waals surface area contributed by atoms with Crippen molar-refractivity contribution < 1.29 is 9.90 Å². The van der Waals surface area contributed by atoms with Crippen LogP contribution in [0.4, 0.5) is 10.6 Å². The molecular weight excluding hydrogens is 454 g/mol. The third-order valence-electron chi connectivity index (χ3n) is 7.31. The zero-order chi connectivity index (χ0) is 23.2. The Bertz CT molecular complexity index is 1220. The van der Waals surface area contributed by atoms with Crippen LogP contribution in [0.2, 0.25) is 5.28 Å². The number of aromatic amines is 1. The molecular formula is C24H26ClN7O2. The molecule has 3 aliphatic rings. The number of fused-ring (bicyclic) bond motifs is 2. The molecule has 6 rings (SSSR count). The lowest BCUT2D eigenvalue weighted by Crippen LogP contribution is -2.56. The summed E-state index contributed by atoms with van der Waals surface area (Å²) >= 11 is 6.38. The van der Waals surface area contributed by atoms with E-state index < -0.39 is 6.09 Å². The second kappa shape index (κ2) is 8.56. The summed E-state index contributed by atoms with van der Waals surface area (Å²) in [6.45, 7) is 3.00. The molecule has 0 radical (unpaired) electrons. The van der Waals surface area contributed by atoms with Crippen molar-refractivity contribution in [2.45, 2.75) is 44.4 Å². The first-order valence-electron chi connectivity index (χ1n) is 11.7. The standard InChI is InChI=1S/C24H26ClN7O2/c25-23-28-19-14-31(20-6-5-15-3-1-2-4-17(15)20)13-18(19)22(29-23)30-9-10-32(24(33)34)16(12-30)11-21-26-7-8-27-21/h1-4,7-8,16,20H,5-6,9-14H2,(H,26,27)(H,33,34)/t16-,20?/m0/s1. The van der Waals surface area contributed by atoms with Gasteiger partial charge < -0.3 is 19.9 Å². The Hall–Kier alpha value is -3.17. The first-order valence-corrected chi connectivity index (χ1v) is 12.0. The Morgan fingerprint density at radius 2 is 2.09 bits per heavy atom. The number of benzene rings is 1. The fourth-order valence-corrected chi connectivity index (χ4v) is 5.92. The van der Waals surface area contributed by atoms with Crippen molar-refractivity contribution in [2.24, 2.45) is 0 Å². The van der Waals surface area contributed by atoms with E-state index in [4.69, 9.17) is 11.6 Å². The number of nitrogens with zero attached hydrogens (tertiary/aromatic N) is 6. The topological polar surface area (TPSA) is 101 Å². The number of amides is 1. The summed E-state index contributed by atoms with van der Waals surface area (Å²) in [4.78, 5) is 34.6. The van der Waals surface area contributed by atoms with Crippen LogP contribution in [0.3, 0.4) is 0 Å². The Morgan fingerprint density at radius 3 is 2.91 bits per heavy atom. The van der Waals surface area contributed by atoms with Gasteiger partial charge in [0.15, 0.2) is 0 Å². The predicted molar refractivity (Wildman–Crippen MR) is 127 cm³/mol. The number of aryl methyl sites for hydroxylation is 1. The molecule has 1 amide bonds. The number of anilines is 1. The first kappa shape index (κ1) is 21.4. The molecule has 1 saturated heterocycles. The summed E-state index contributed by atoms with van der Waals surface area (Å²) in [7, 11) is 0. The molecule has 2 atom stereocenters. The van der Waals surface area contributed by atoms with Gasteiger partial charge in [0.05, 0.1) is 11.7 Å². The minimum Gasteiger partial charge on any atom is -0.465 e. The van der Waals surface area contributed by atoms with Crippen LogP contribution in [0.25, 0.3) is 0 Å². The van der Waals surface area contributed by atoms with Crippen molar-refractivity contribution in [1.29, 1.82) is 0 Å². The fourth-order valence-electron chi connectivity index (χ4n) is 5.73. The number of nitrogens with one attached hydrogen (secondary N) is 1. The van der Waals surface area contributed by atoms with Crippen molar-refractivity contribution in [3.8, 4) is 0 Å². The molecule has 1 unspecified atom stereocenters. The third kappa shape index (κ3) is 3.78. The van der Waals surface area contributed by atoms with Crippen molar-refractivity contribution in [3.05, 3.63) is 70.2 Å². The molecule has 176 valence electrons. The Labute approximate surface area is 202 Å². The molecule has 34 heavy (non-hydrogen) atoms. The van der Waals surface area contributed by atoms with Gasteiger partial charge in [0.25, 0.3) is 0 Å². The first-order chi connectivity index (χ1) is 16.6. The molecule has 2 N–H and O–H groups in total. The molecule has 1 fully saturated rings. The molecule has 2 aliphatic heterocycles. The van der Waals surface area contributed by atoms with E-state index in [1.165, 1.54) is 16.0 Å². The van der Waals surface area contributed by atoms with Crippen LogP contribution in [0.5, 0.6) is 0 Å². The molecule has 0 spiro atoms. The second-order valence-corrected chi connectivity index (χ2v) is 9.55. The lowest BCUT2D eigenvalue weighted by atomic mass is 10.1. The lowest BCUT2D eigenvalue weighted by Gasteiger charge is -2.40. The van der Waals surface area contributed by atoms with E-state index in [0.29, 0.717) is 32.1 Å². The van der Waals surface area contributed by atoms with Gasteiger partial charge in [-0.3, -0.25) is 4.90 Å². The minimum atomic E-state index is -0.909. The molecule has 3 aromatic rings. The second-order valence-electron chi connectivity index (χ2n) is 9.22. The maximum absolute atomic E-state index is 11.9.